The third kappa shape index (κ3) is 3.83. The third-order valence-corrected chi connectivity index (χ3v) is 2.23. The number of hydrogen-bond donors (Lipinski definition) is 0. The molecule has 0 N–H and O–H groups in total. The molecule has 0 aliphatic carbocycles. The van der Waals surface area contributed by atoms with Gasteiger partial charge in [0.05, 0.1) is 12.5 Å². The van der Waals surface area contributed by atoms with Gasteiger partial charge in [0.25, 0.3) is 0 Å². The highest BCUT2D eigenvalue weighted by molar-refractivity contribution is 5.24. The normalized spacial score (nSPS) is 12.2. The number of nitriles is 1. The predicted octanol–water partition coefficient (Wildman–Crippen LogP) is 3.82. The van der Waals surface area contributed by atoms with Crippen molar-refractivity contribution < 1.29 is 0 Å². The van der Waals surface area contributed by atoms with Crippen LogP contribution in [0.3, 0.4) is 0 Å². The Balaban J connectivity index is 2.75. The number of hydrogen-bond acceptors (Lipinski definition) is 1. The van der Waals surface area contributed by atoms with E-state index in [1.54, 1.807) is 0 Å². The van der Waals surface area contributed by atoms with Gasteiger partial charge >= 0.3 is 0 Å². The Bertz CT molecular complexity index is 357. The van der Waals surface area contributed by atoms with Gasteiger partial charge in [0.15, 0.2) is 0 Å². The maximum Gasteiger partial charge on any atom is 0.0663 e. The first kappa shape index (κ1) is 11.3. The zero-order valence-corrected chi connectivity index (χ0v) is 8.76. The van der Waals surface area contributed by atoms with Crippen LogP contribution >= 0.6 is 0 Å². The number of benzene rings is 1. The summed E-state index contributed by atoms with van der Waals surface area (Å²) in [5.74, 6) is 0.344. The summed E-state index contributed by atoms with van der Waals surface area (Å²) < 4.78 is 0. The maximum absolute atomic E-state index is 8.46. The molecule has 0 saturated heterocycles. The molecule has 1 aromatic rings. The van der Waals surface area contributed by atoms with Gasteiger partial charge in [-0.15, -0.1) is 6.58 Å². The van der Waals surface area contributed by atoms with Crippen LogP contribution in [0.2, 0.25) is 0 Å². The highest BCUT2D eigenvalue weighted by Crippen LogP contribution is 2.21. The van der Waals surface area contributed by atoms with E-state index in [1.807, 2.05) is 30.4 Å². The fourth-order valence-electron chi connectivity index (χ4n) is 1.49. The lowest BCUT2D eigenvalue weighted by atomic mass is 9.95. The summed E-state index contributed by atoms with van der Waals surface area (Å²) in [5.41, 5.74) is 1.27. The lowest BCUT2D eigenvalue weighted by Crippen LogP contribution is -1.92. The molecule has 15 heavy (non-hydrogen) atoms. The smallest absolute Gasteiger partial charge is 0.0663 e. The van der Waals surface area contributed by atoms with Crippen LogP contribution < -0.4 is 0 Å². The molecular weight excluding hydrogens is 182 g/mol. The molecule has 1 aromatic carbocycles. The van der Waals surface area contributed by atoms with Gasteiger partial charge in [-0.1, -0.05) is 48.6 Å². The maximum atomic E-state index is 8.46. The fraction of sp³-hybridized carbons (Fsp3) is 0.214. The van der Waals surface area contributed by atoms with Gasteiger partial charge in [0.1, 0.15) is 0 Å². The van der Waals surface area contributed by atoms with E-state index in [0.29, 0.717) is 12.3 Å². The minimum atomic E-state index is 0.344. The van der Waals surface area contributed by atoms with Crippen LogP contribution in [0.5, 0.6) is 0 Å². The largest absolute Gasteiger partial charge is 0.198 e. The highest BCUT2D eigenvalue weighted by Gasteiger charge is 2.04. The Hall–Kier alpha value is -1.81. The van der Waals surface area contributed by atoms with Gasteiger partial charge in [-0.05, 0) is 12.0 Å². The molecule has 0 radical (unpaired) electrons. The van der Waals surface area contributed by atoms with Crippen molar-refractivity contribution in [3.8, 4) is 6.07 Å². The fourth-order valence-corrected chi connectivity index (χ4v) is 1.49. The van der Waals surface area contributed by atoms with E-state index in [4.69, 9.17) is 5.26 Å². The van der Waals surface area contributed by atoms with E-state index in [1.165, 1.54) is 5.56 Å². The molecular formula is C14H15N. The second-order valence-corrected chi connectivity index (χ2v) is 3.33. The molecule has 1 atom stereocenters. The van der Waals surface area contributed by atoms with Crippen LogP contribution in [0.15, 0.2) is 55.1 Å². The summed E-state index contributed by atoms with van der Waals surface area (Å²) >= 11 is 0. The Morgan fingerprint density at radius 3 is 2.67 bits per heavy atom. The van der Waals surface area contributed by atoms with Gasteiger partial charge < -0.3 is 0 Å². The third-order valence-electron chi connectivity index (χ3n) is 2.23. The van der Waals surface area contributed by atoms with Crippen molar-refractivity contribution in [3.05, 3.63) is 60.7 Å². The van der Waals surface area contributed by atoms with Crippen molar-refractivity contribution >= 4 is 0 Å². The molecule has 0 spiro atoms. The standard InChI is InChI=1S/C14H15N/c1-2-8-13(11-6-7-12-15)14-9-4-3-5-10-14/h2-6,9-11,13H,1,7-8H2/b11-6+. The topological polar surface area (TPSA) is 23.8 Å². The molecule has 0 aliphatic heterocycles. The summed E-state index contributed by atoms with van der Waals surface area (Å²) in [5, 5.41) is 8.46. The first-order chi connectivity index (χ1) is 7.38. The van der Waals surface area contributed by atoms with Crippen molar-refractivity contribution in [3.63, 3.8) is 0 Å². The van der Waals surface area contributed by atoms with E-state index >= 15 is 0 Å². The molecule has 0 fully saturated rings. The Morgan fingerprint density at radius 1 is 1.33 bits per heavy atom. The first-order valence-corrected chi connectivity index (χ1v) is 5.08. The quantitative estimate of drug-likeness (QED) is 0.658. The Morgan fingerprint density at radius 2 is 2.07 bits per heavy atom. The summed E-state index contributed by atoms with van der Waals surface area (Å²) in [4.78, 5) is 0. The van der Waals surface area contributed by atoms with Gasteiger partial charge in [-0.25, -0.2) is 0 Å². The zero-order chi connectivity index (χ0) is 10.9. The number of allylic oxidation sites excluding steroid dienone is 3. The monoisotopic (exact) mass is 197 g/mol. The van der Waals surface area contributed by atoms with Crippen molar-refractivity contribution in [1.82, 2.24) is 0 Å². The molecule has 0 aliphatic rings. The molecule has 0 saturated carbocycles. The molecule has 0 bridgehead atoms. The Labute approximate surface area is 91.4 Å². The van der Waals surface area contributed by atoms with Crippen LogP contribution in [-0.2, 0) is 0 Å². The molecule has 1 heteroatoms. The van der Waals surface area contributed by atoms with Crippen LogP contribution in [0.25, 0.3) is 0 Å². The first-order valence-electron chi connectivity index (χ1n) is 5.08. The van der Waals surface area contributed by atoms with E-state index in [0.717, 1.165) is 6.42 Å². The average Bonchev–Trinajstić information content (AvgIpc) is 2.29. The van der Waals surface area contributed by atoms with E-state index < -0.39 is 0 Å². The second kappa shape index (κ2) is 6.62. The average molecular weight is 197 g/mol. The summed E-state index contributed by atoms with van der Waals surface area (Å²) in [6.07, 6.45) is 7.29. The van der Waals surface area contributed by atoms with Crippen molar-refractivity contribution in [2.24, 2.45) is 0 Å². The van der Waals surface area contributed by atoms with Crippen LogP contribution in [0.4, 0.5) is 0 Å². The summed E-state index contributed by atoms with van der Waals surface area (Å²) in [6.45, 7) is 3.76. The van der Waals surface area contributed by atoms with Crippen LogP contribution in [0.1, 0.15) is 24.3 Å². The van der Waals surface area contributed by atoms with Gasteiger partial charge in [0, 0.05) is 5.92 Å². The van der Waals surface area contributed by atoms with Crippen molar-refractivity contribution in [2.75, 3.05) is 0 Å². The molecule has 1 unspecified atom stereocenters. The molecule has 1 rings (SSSR count). The van der Waals surface area contributed by atoms with Crippen LogP contribution in [0, 0.1) is 11.3 Å². The van der Waals surface area contributed by atoms with E-state index in [2.05, 4.69) is 30.9 Å². The lowest BCUT2D eigenvalue weighted by molar-refractivity contribution is 0.862. The molecule has 76 valence electrons. The minimum Gasteiger partial charge on any atom is -0.198 e. The molecule has 0 heterocycles. The molecule has 1 nitrogen and oxygen atoms in total. The van der Waals surface area contributed by atoms with E-state index in [-0.39, 0.29) is 0 Å². The Kier molecular flexibility index (Phi) is 4.97. The molecule has 0 amide bonds. The predicted molar refractivity (Wildman–Crippen MR) is 63.4 cm³/mol. The highest BCUT2D eigenvalue weighted by atomic mass is 14.2. The van der Waals surface area contributed by atoms with Crippen LogP contribution in [-0.4, -0.2) is 0 Å². The molecule has 0 aromatic heterocycles. The van der Waals surface area contributed by atoms with Gasteiger partial charge in [0.2, 0.25) is 0 Å². The summed E-state index contributed by atoms with van der Waals surface area (Å²) in [6, 6.07) is 12.4. The van der Waals surface area contributed by atoms with Gasteiger partial charge in [-0.2, -0.15) is 5.26 Å². The SMILES string of the molecule is C=CCC(/C=C/CC#N)c1ccccc1. The van der Waals surface area contributed by atoms with Gasteiger partial charge in [-0.3, -0.25) is 0 Å². The van der Waals surface area contributed by atoms with Crippen molar-refractivity contribution in [1.29, 1.82) is 5.26 Å². The zero-order valence-electron chi connectivity index (χ0n) is 8.76. The number of rotatable bonds is 5. The number of nitrogens with zero attached hydrogens (tertiary/aromatic N) is 1. The second-order valence-electron chi connectivity index (χ2n) is 3.33. The lowest BCUT2D eigenvalue weighted by Gasteiger charge is -2.10. The minimum absolute atomic E-state index is 0.344. The van der Waals surface area contributed by atoms with Crippen molar-refractivity contribution in [2.45, 2.75) is 18.8 Å². The van der Waals surface area contributed by atoms with E-state index in [9.17, 15) is 0 Å². The summed E-state index contributed by atoms with van der Waals surface area (Å²) in [7, 11) is 0.